The Bertz CT molecular complexity index is 363. The third-order valence-corrected chi connectivity index (χ3v) is 2.26. The van der Waals surface area contributed by atoms with Crippen molar-refractivity contribution < 1.29 is 14.6 Å². The van der Waals surface area contributed by atoms with Crippen LogP contribution in [0.3, 0.4) is 0 Å². The van der Waals surface area contributed by atoms with Gasteiger partial charge in [0.2, 0.25) is 0 Å². The molecule has 0 aliphatic heterocycles. The predicted molar refractivity (Wildman–Crippen MR) is 57.3 cm³/mol. The van der Waals surface area contributed by atoms with Crippen molar-refractivity contribution in [3.63, 3.8) is 0 Å². The van der Waals surface area contributed by atoms with Gasteiger partial charge in [-0.3, -0.25) is 4.79 Å². The molecule has 0 aromatic heterocycles. The summed E-state index contributed by atoms with van der Waals surface area (Å²) in [5, 5.41) is 9.61. The second kappa shape index (κ2) is 4.68. The first-order chi connectivity index (χ1) is 7.10. The number of ether oxygens (including phenoxy) is 1. The SMILES string of the molecule is CCN(C)C(=O)c1ccc(OC)cc1O. The first kappa shape index (κ1) is 11.4. The summed E-state index contributed by atoms with van der Waals surface area (Å²) in [6.45, 7) is 2.47. The van der Waals surface area contributed by atoms with E-state index < -0.39 is 0 Å². The van der Waals surface area contributed by atoms with Gasteiger partial charge in [0.25, 0.3) is 5.91 Å². The van der Waals surface area contributed by atoms with Crippen molar-refractivity contribution >= 4 is 5.91 Å². The Kier molecular flexibility index (Phi) is 3.55. The van der Waals surface area contributed by atoms with Gasteiger partial charge in [-0.1, -0.05) is 0 Å². The number of carbonyl (C=O) groups excluding carboxylic acids is 1. The standard InChI is InChI=1S/C11H15NO3/c1-4-12(2)11(14)9-6-5-8(15-3)7-10(9)13/h5-7,13H,4H2,1-3H3. The monoisotopic (exact) mass is 209 g/mol. The minimum Gasteiger partial charge on any atom is -0.507 e. The molecule has 0 fully saturated rings. The van der Waals surface area contributed by atoms with E-state index in [4.69, 9.17) is 4.74 Å². The molecule has 1 amide bonds. The van der Waals surface area contributed by atoms with Gasteiger partial charge in [-0.05, 0) is 19.1 Å². The summed E-state index contributed by atoms with van der Waals surface area (Å²) < 4.78 is 4.93. The van der Waals surface area contributed by atoms with Gasteiger partial charge in [0.05, 0.1) is 12.7 Å². The quantitative estimate of drug-likeness (QED) is 0.820. The van der Waals surface area contributed by atoms with Crippen LogP contribution in [0.4, 0.5) is 0 Å². The Morgan fingerprint density at radius 2 is 2.20 bits per heavy atom. The normalized spacial score (nSPS) is 9.80. The summed E-state index contributed by atoms with van der Waals surface area (Å²) in [5.74, 6) is 0.278. The highest BCUT2D eigenvalue weighted by atomic mass is 16.5. The van der Waals surface area contributed by atoms with E-state index in [1.165, 1.54) is 18.1 Å². The van der Waals surface area contributed by atoms with E-state index in [-0.39, 0.29) is 11.7 Å². The van der Waals surface area contributed by atoms with Crippen LogP contribution >= 0.6 is 0 Å². The average molecular weight is 209 g/mol. The molecule has 0 saturated carbocycles. The highest BCUT2D eigenvalue weighted by Gasteiger charge is 2.14. The van der Waals surface area contributed by atoms with Crippen LogP contribution in [-0.4, -0.2) is 36.6 Å². The fraction of sp³-hybridized carbons (Fsp3) is 0.364. The van der Waals surface area contributed by atoms with Crippen LogP contribution in [0.5, 0.6) is 11.5 Å². The number of amides is 1. The van der Waals surface area contributed by atoms with Gasteiger partial charge in [0, 0.05) is 19.7 Å². The number of carbonyl (C=O) groups is 1. The molecule has 0 aliphatic rings. The minimum atomic E-state index is -0.197. The van der Waals surface area contributed by atoms with Gasteiger partial charge in [0.15, 0.2) is 0 Å². The van der Waals surface area contributed by atoms with Crippen molar-refractivity contribution in [3.05, 3.63) is 23.8 Å². The van der Waals surface area contributed by atoms with Crippen molar-refractivity contribution in [2.75, 3.05) is 20.7 Å². The number of nitrogens with zero attached hydrogens (tertiary/aromatic N) is 1. The second-order valence-electron chi connectivity index (χ2n) is 3.20. The number of hydrogen-bond donors (Lipinski definition) is 1. The number of aromatic hydroxyl groups is 1. The fourth-order valence-electron chi connectivity index (χ4n) is 1.17. The van der Waals surface area contributed by atoms with Crippen molar-refractivity contribution in [2.24, 2.45) is 0 Å². The van der Waals surface area contributed by atoms with Crippen LogP contribution in [0.2, 0.25) is 0 Å². The largest absolute Gasteiger partial charge is 0.507 e. The summed E-state index contributed by atoms with van der Waals surface area (Å²) in [6, 6.07) is 4.63. The van der Waals surface area contributed by atoms with Crippen LogP contribution in [-0.2, 0) is 0 Å². The summed E-state index contributed by atoms with van der Waals surface area (Å²) in [4.78, 5) is 13.3. The van der Waals surface area contributed by atoms with E-state index in [2.05, 4.69) is 0 Å². The topological polar surface area (TPSA) is 49.8 Å². The lowest BCUT2D eigenvalue weighted by atomic mass is 10.1. The van der Waals surface area contributed by atoms with Crippen LogP contribution in [0.1, 0.15) is 17.3 Å². The molecule has 0 atom stereocenters. The molecule has 1 N–H and O–H groups in total. The molecule has 0 saturated heterocycles. The average Bonchev–Trinajstić information content (AvgIpc) is 2.26. The molecule has 1 rings (SSSR count). The Morgan fingerprint density at radius 3 is 2.67 bits per heavy atom. The molecule has 4 nitrogen and oxygen atoms in total. The van der Waals surface area contributed by atoms with E-state index in [1.807, 2.05) is 6.92 Å². The van der Waals surface area contributed by atoms with Crippen LogP contribution in [0.25, 0.3) is 0 Å². The van der Waals surface area contributed by atoms with Gasteiger partial charge in [-0.2, -0.15) is 0 Å². The zero-order chi connectivity index (χ0) is 11.4. The maximum Gasteiger partial charge on any atom is 0.257 e. The molecule has 15 heavy (non-hydrogen) atoms. The Morgan fingerprint density at radius 1 is 1.53 bits per heavy atom. The number of methoxy groups -OCH3 is 1. The molecule has 0 aliphatic carbocycles. The third-order valence-electron chi connectivity index (χ3n) is 2.26. The molecule has 0 radical (unpaired) electrons. The summed E-state index contributed by atoms with van der Waals surface area (Å²) in [6.07, 6.45) is 0. The van der Waals surface area contributed by atoms with Crippen molar-refractivity contribution in [2.45, 2.75) is 6.92 Å². The van der Waals surface area contributed by atoms with E-state index in [1.54, 1.807) is 19.2 Å². The van der Waals surface area contributed by atoms with Crippen molar-refractivity contribution in [1.82, 2.24) is 4.90 Å². The summed E-state index contributed by atoms with van der Waals surface area (Å²) in [7, 11) is 3.19. The van der Waals surface area contributed by atoms with Crippen LogP contribution < -0.4 is 4.74 Å². The van der Waals surface area contributed by atoms with E-state index in [0.717, 1.165) is 0 Å². The van der Waals surface area contributed by atoms with Crippen molar-refractivity contribution in [1.29, 1.82) is 0 Å². The smallest absolute Gasteiger partial charge is 0.257 e. The van der Waals surface area contributed by atoms with E-state index in [0.29, 0.717) is 17.9 Å². The maximum atomic E-state index is 11.7. The molecular weight excluding hydrogens is 194 g/mol. The number of rotatable bonds is 3. The third kappa shape index (κ3) is 2.40. The number of benzene rings is 1. The highest BCUT2D eigenvalue weighted by Crippen LogP contribution is 2.24. The molecule has 1 aromatic carbocycles. The number of phenolic OH excluding ortho intramolecular Hbond substituents is 1. The summed E-state index contributed by atoms with van der Waals surface area (Å²) in [5.41, 5.74) is 0.292. The van der Waals surface area contributed by atoms with Gasteiger partial charge in [-0.25, -0.2) is 0 Å². The van der Waals surface area contributed by atoms with Gasteiger partial charge >= 0.3 is 0 Å². The van der Waals surface area contributed by atoms with E-state index in [9.17, 15) is 9.90 Å². The number of phenols is 1. The lowest BCUT2D eigenvalue weighted by Crippen LogP contribution is -2.26. The molecule has 82 valence electrons. The second-order valence-corrected chi connectivity index (χ2v) is 3.20. The lowest BCUT2D eigenvalue weighted by molar-refractivity contribution is 0.0799. The molecule has 0 unspecified atom stereocenters. The first-order valence-corrected chi connectivity index (χ1v) is 4.72. The Balaban J connectivity index is 3.00. The van der Waals surface area contributed by atoms with Gasteiger partial charge < -0.3 is 14.7 Å². The van der Waals surface area contributed by atoms with Crippen molar-refractivity contribution in [3.8, 4) is 11.5 Å². The molecule has 0 spiro atoms. The zero-order valence-corrected chi connectivity index (χ0v) is 9.15. The van der Waals surface area contributed by atoms with E-state index >= 15 is 0 Å². The number of hydrogen-bond acceptors (Lipinski definition) is 3. The van der Waals surface area contributed by atoms with Gasteiger partial charge in [-0.15, -0.1) is 0 Å². The predicted octanol–water partition coefficient (Wildman–Crippen LogP) is 1.49. The zero-order valence-electron chi connectivity index (χ0n) is 9.15. The molecule has 0 bridgehead atoms. The van der Waals surface area contributed by atoms with Crippen LogP contribution in [0, 0.1) is 0 Å². The molecule has 0 heterocycles. The lowest BCUT2D eigenvalue weighted by Gasteiger charge is -2.15. The summed E-state index contributed by atoms with van der Waals surface area (Å²) >= 11 is 0. The fourth-order valence-corrected chi connectivity index (χ4v) is 1.17. The minimum absolute atomic E-state index is 0.0559. The Hall–Kier alpha value is -1.71. The van der Waals surface area contributed by atoms with Crippen LogP contribution in [0.15, 0.2) is 18.2 Å². The maximum absolute atomic E-state index is 11.7. The molecule has 4 heteroatoms. The Labute approximate surface area is 89.1 Å². The van der Waals surface area contributed by atoms with Gasteiger partial charge in [0.1, 0.15) is 11.5 Å². The first-order valence-electron chi connectivity index (χ1n) is 4.72. The highest BCUT2D eigenvalue weighted by molar-refractivity contribution is 5.96. The molecular formula is C11H15NO3. The molecule has 1 aromatic rings.